The Hall–Kier alpha value is -1.39. The number of esters is 1. The molecule has 1 heterocycles. The number of nitrogens with zero attached hydrogens (tertiary/aromatic N) is 1. The molecule has 24 heavy (non-hydrogen) atoms. The number of likely N-dealkylation sites (tertiary alicyclic amines) is 1. The molecule has 1 saturated heterocycles. The Bertz CT molecular complexity index is 512. The monoisotopic (exact) mass is 330 g/mol. The van der Waals surface area contributed by atoms with Gasteiger partial charge in [0.2, 0.25) is 0 Å². The molecule has 4 nitrogen and oxygen atoms in total. The molecule has 1 aromatic carbocycles. The van der Waals surface area contributed by atoms with Gasteiger partial charge in [0.1, 0.15) is 0 Å². The molecule has 0 bridgehead atoms. The molecule has 4 heteroatoms. The molecule has 0 radical (unpaired) electrons. The first-order valence-corrected chi connectivity index (χ1v) is 9.43. The second kappa shape index (κ2) is 8.63. The first-order chi connectivity index (χ1) is 11.7. The van der Waals surface area contributed by atoms with Crippen LogP contribution in [0.1, 0.15) is 44.6 Å². The molecule has 132 valence electrons. The molecule has 1 saturated carbocycles. The molecule has 3 rings (SSSR count). The summed E-state index contributed by atoms with van der Waals surface area (Å²) in [6, 6.07) is 11.9. The molecule has 1 atom stereocenters. The summed E-state index contributed by atoms with van der Waals surface area (Å²) in [6.07, 6.45) is 5.36. The number of benzene rings is 1. The fourth-order valence-electron chi connectivity index (χ4n) is 4.04. The third-order valence-corrected chi connectivity index (χ3v) is 5.34. The summed E-state index contributed by atoms with van der Waals surface area (Å²) in [5, 5.41) is 3.83. The van der Waals surface area contributed by atoms with Crippen molar-refractivity contribution in [2.45, 2.75) is 57.7 Å². The molecule has 1 N–H and O–H groups in total. The maximum atomic E-state index is 11.8. The van der Waals surface area contributed by atoms with E-state index in [4.69, 9.17) is 4.74 Å². The lowest BCUT2D eigenvalue weighted by atomic mass is 9.85. The van der Waals surface area contributed by atoms with E-state index < -0.39 is 0 Å². The summed E-state index contributed by atoms with van der Waals surface area (Å²) in [5.41, 5.74) is 1.40. The zero-order chi connectivity index (χ0) is 16.8. The number of carbonyl (C=O) groups is 1. The van der Waals surface area contributed by atoms with Crippen molar-refractivity contribution in [3.05, 3.63) is 35.9 Å². The first-order valence-electron chi connectivity index (χ1n) is 9.43. The van der Waals surface area contributed by atoms with Gasteiger partial charge in [0.05, 0.1) is 12.5 Å². The summed E-state index contributed by atoms with van der Waals surface area (Å²) in [5.74, 6) is 0.131. The fraction of sp³-hybridized carbons (Fsp3) is 0.650. The smallest absolute Gasteiger partial charge is 0.308 e. The highest BCUT2D eigenvalue weighted by Gasteiger charge is 2.30. The van der Waals surface area contributed by atoms with E-state index in [1.165, 1.54) is 18.5 Å². The van der Waals surface area contributed by atoms with E-state index in [0.717, 1.165) is 38.8 Å². The van der Waals surface area contributed by atoms with Crippen molar-refractivity contribution in [3.8, 4) is 0 Å². The molecule has 1 unspecified atom stereocenters. The third-order valence-electron chi connectivity index (χ3n) is 5.34. The van der Waals surface area contributed by atoms with Crippen LogP contribution < -0.4 is 5.32 Å². The Labute approximate surface area is 145 Å². The number of carbonyl (C=O) groups excluding carboxylic acids is 1. The van der Waals surface area contributed by atoms with Gasteiger partial charge in [-0.25, -0.2) is 0 Å². The second-order valence-electron chi connectivity index (χ2n) is 7.17. The van der Waals surface area contributed by atoms with E-state index in [2.05, 4.69) is 40.5 Å². The van der Waals surface area contributed by atoms with Gasteiger partial charge in [-0.05, 0) is 44.6 Å². The predicted molar refractivity (Wildman–Crippen MR) is 95.6 cm³/mol. The van der Waals surface area contributed by atoms with Crippen molar-refractivity contribution in [3.63, 3.8) is 0 Å². The minimum absolute atomic E-state index is 0.00542. The SMILES string of the molecule is CCOC(=O)C1CCC(NC2CCN(Cc3ccccc3)C2)CC1. The van der Waals surface area contributed by atoms with E-state index in [0.29, 0.717) is 18.7 Å². The molecule has 0 spiro atoms. The molecule has 1 aromatic rings. The van der Waals surface area contributed by atoms with Crippen LogP contribution in [0.3, 0.4) is 0 Å². The quantitative estimate of drug-likeness (QED) is 0.814. The van der Waals surface area contributed by atoms with Crippen molar-refractivity contribution < 1.29 is 9.53 Å². The highest BCUT2D eigenvalue weighted by atomic mass is 16.5. The number of nitrogens with one attached hydrogen (secondary N) is 1. The topological polar surface area (TPSA) is 41.6 Å². The predicted octanol–water partition coefficient (Wildman–Crippen LogP) is 2.97. The third kappa shape index (κ3) is 4.81. The molecular formula is C20H30N2O2. The van der Waals surface area contributed by atoms with E-state index >= 15 is 0 Å². The lowest BCUT2D eigenvalue weighted by Crippen LogP contribution is -2.42. The van der Waals surface area contributed by atoms with Crippen molar-refractivity contribution in [2.24, 2.45) is 5.92 Å². The largest absolute Gasteiger partial charge is 0.466 e. The van der Waals surface area contributed by atoms with Gasteiger partial charge < -0.3 is 10.1 Å². The van der Waals surface area contributed by atoms with Crippen LogP contribution in [-0.4, -0.2) is 42.6 Å². The number of hydrogen-bond donors (Lipinski definition) is 1. The van der Waals surface area contributed by atoms with Crippen LogP contribution in [0.15, 0.2) is 30.3 Å². The molecule has 2 fully saturated rings. The molecule has 0 amide bonds. The maximum Gasteiger partial charge on any atom is 0.308 e. The molecule has 1 aliphatic carbocycles. The Morgan fingerprint density at radius 3 is 2.58 bits per heavy atom. The van der Waals surface area contributed by atoms with Gasteiger partial charge >= 0.3 is 5.97 Å². The van der Waals surface area contributed by atoms with Crippen LogP contribution in [-0.2, 0) is 16.1 Å². The minimum atomic E-state index is 0.00542. The average Bonchev–Trinajstić information content (AvgIpc) is 3.03. The summed E-state index contributed by atoms with van der Waals surface area (Å²) in [6.45, 7) is 5.73. The zero-order valence-electron chi connectivity index (χ0n) is 14.7. The van der Waals surface area contributed by atoms with Crippen LogP contribution in [0.4, 0.5) is 0 Å². The average molecular weight is 330 g/mol. The van der Waals surface area contributed by atoms with Crippen molar-refractivity contribution in [1.82, 2.24) is 10.2 Å². The van der Waals surface area contributed by atoms with E-state index in [-0.39, 0.29) is 11.9 Å². The summed E-state index contributed by atoms with van der Waals surface area (Å²) in [4.78, 5) is 14.4. The van der Waals surface area contributed by atoms with Crippen LogP contribution in [0.2, 0.25) is 0 Å². The van der Waals surface area contributed by atoms with Gasteiger partial charge in [-0.3, -0.25) is 9.69 Å². The lowest BCUT2D eigenvalue weighted by molar-refractivity contribution is -0.149. The van der Waals surface area contributed by atoms with Crippen LogP contribution in [0.25, 0.3) is 0 Å². The Morgan fingerprint density at radius 1 is 1.12 bits per heavy atom. The second-order valence-corrected chi connectivity index (χ2v) is 7.17. The minimum Gasteiger partial charge on any atom is -0.466 e. The van der Waals surface area contributed by atoms with Crippen molar-refractivity contribution in [1.29, 1.82) is 0 Å². The van der Waals surface area contributed by atoms with E-state index in [9.17, 15) is 4.79 Å². The molecular weight excluding hydrogens is 300 g/mol. The van der Waals surface area contributed by atoms with Crippen molar-refractivity contribution >= 4 is 5.97 Å². The van der Waals surface area contributed by atoms with Gasteiger partial charge in [0, 0.05) is 31.7 Å². The molecule has 0 aromatic heterocycles. The van der Waals surface area contributed by atoms with Gasteiger partial charge in [0.25, 0.3) is 0 Å². The standard InChI is InChI=1S/C20H30N2O2/c1-2-24-20(23)17-8-10-18(11-9-17)21-19-12-13-22(15-19)14-16-6-4-3-5-7-16/h3-7,17-19,21H,2,8-15H2,1H3. The highest BCUT2D eigenvalue weighted by molar-refractivity contribution is 5.72. The van der Waals surface area contributed by atoms with Crippen LogP contribution >= 0.6 is 0 Å². The van der Waals surface area contributed by atoms with Crippen LogP contribution in [0, 0.1) is 5.92 Å². The number of ether oxygens (including phenoxy) is 1. The van der Waals surface area contributed by atoms with Gasteiger partial charge in [-0.1, -0.05) is 30.3 Å². The summed E-state index contributed by atoms with van der Waals surface area (Å²) < 4.78 is 5.15. The molecule has 2 aliphatic rings. The lowest BCUT2D eigenvalue weighted by Gasteiger charge is -2.30. The summed E-state index contributed by atoms with van der Waals surface area (Å²) in [7, 11) is 0. The Kier molecular flexibility index (Phi) is 6.27. The fourth-order valence-corrected chi connectivity index (χ4v) is 4.04. The van der Waals surface area contributed by atoms with E-state index in [1.807, 2.05) is 6.92 Å². The Morgan fingerprint density at radius 2 is 1.88 bits per heavy atom. The number of rotatable bonds is 6. The van der Waals surface area contributed by atoms with Gasteiger partial charge in [-0.15, -0.1) is 0 Å². The normalized spacial score (nSPS) is 28.0. The van der Waals surface area contributed by atoms with Crippen LogP contribution in [0.5, 0.6) is 0 Å². The zero-order valence-corrected chi connectivity index (χ0v) is 14.7. The van der Waals surface area contributed by atoms with Gasteiger partial charge in [-0.2, -0.15) is 0 Å². The first kappa shape index (κ1) is 17.4. The van der Waals surface area contributed by atoms with Gasteiger partial charge in [0.15, 0.2) is 0 Å². The maximum absolute atomic E-state index is 11.8. The van der Waals surface area contributed by atoms with Crippen molar-refractivity contribution in [2.75, 3.05) is 19.7 Å². The number of hydrogen-bond acceptors (Lipinski definition) is 4. The molecule has 1 aliphatic heterocycles. The highest BCUT2D eigenvalue weighted by Crippen LogP contribution is 2.26. The summed E-state index contributed by atoms with van der Waals surface area (Å²) >= 11 is 0. The van der Waals surface area contributed by atoms with E-state index in [1.54, 1.807) is 0 Å². The Balaban J connectivity index is 1.38.